The van der Waals surface area contributed by atoms with Gasteiger partial charge in [0.25, 0.3) is 0 Å². The smallest absolute Gasteiger partial charge is 0.371 e. The van der Waals surface area contributed by atoms with Gasteiger partial charge in [0.05, 0.1) is 35.9 Å². The number of halogens is 7. The van der Waals surface area contributed by atoms with E-state index in [-0.39, 0.29) is 36.4 Å². The minimum Gasteiger partial charge on any atom is -0.371 e. The third-order valence-electron chi connectivity index (χ3n) is 6.66. The summed E-state index contributed by atoms with van der Waals surface area (Å²) in [7, 11) is 0. The summed E-state index contributed by atoms with van der Waals surface area (Å²) in [6.07, 6.45) is -10.4. The van der Waals surface area contributed by atoms with Gasteiger partial charge in [-0.25, -0.2) is 4.39 Å². The monoisotopic (exact) mass is 532 g/mol. The Balaban J connectivity index is 1.67. The van der Waals surface area contributed by atoms with E-state index in [4.69, 9.17) is 4.74 Å². The second-order valence-electron chi connectivity index (χ2n) is 9.22. The van der Waals surface area contributed by atoms with E-state index in [1.54, 1.807) is 0 Å². The van der Waals surface area contributed by atoms with Gasteiger partial charge in [-0.3, -0.25) is 9.59 Å². The minimum atomic E-state index is -5.00. The zero-order chi connectivity index (χ0) is 27.1. The van der Waals surface area contributed by atoms with E-state index in [0.717, 1.165) is 0 Å². The number of nitrogens with zero attached hydrogens (tertiary/aromatic N) is 1. The Morgan fingerprint density at radius 1 is 1.03 bits per heavy atom. The second kappa shape index (κ2) is 9.96. The van der Waals surface area contributed by atoms with Crippen LogP contribution in [0.2, 0.25) is 0 Å². The van der Waals surface area contributed by atoms with Crippen LogP contribution in [0.1, 0.15) is 47.9 Å². The zero-order valence-electron chi connectivity index (χ0n) is 19.5. The van der Waals surface area contributed by atoms with E-state index in [0.29, 0.717) is 24.1 Å². The van der Waals surface area contributed by atoms with Crippen LogP contribution in [-0.4, -0.2) is 41.4 Å². The van der Waals surface area contributed by atoms with Crippen molar-refractivity contribution in [1.82, 2.24) is 10.2 Å². The lowest BCUT2D eigenvalue weighted by Crippen LogP contribution is -2.55. The van der Waals surface area contributed by atoms with E-state index in [1.165, 1.54) is 36.1 Å². The molecule has 0 spiro atoms. The first-order valence-corrected chi connectivity index (χ1v) is 11.5. The third kappa shape index (κ3) is 5.89. The molecule has 2 aromatic carbocycles. The molecule has 2 amide bonds. The molecule has 5 nitrogen and oxygen atoms in total. The average Bonchev–Trinajstić information content (AvgIpc) is 3.19. The highest BCUT2D eigenvalue weighted by Gasteiger charge is 2.51. The van der Waals surface area contributed by atoms with Crippen molar-refractivity contribution in [2.24, 2.45) is 0 Å². The van der Waals surface area contributed by atoms with Crippen LogP contribution in [0, 0.1) is 5.82 Å². The van der Waals surface area contributed by atoms with Crippen molar-refractivity contribution >= 4 is 11.8 Å². The van der Waals surface area contributed by atoms with Crippen LogP contribution in [0.4, 0.5) is 30.7 Å². The number of hydrogen-bond acceptors (Lipinski definition) is 3. The number of alkyl halides is 6. The molecule has 4 rings (SSSR count). The van der Waals surface area contributed by atoms with Crippen molar-refractivity contribution in [2.75, 3.05) is 6.54 Å². The molecule has 37 heavy (non-hydrogen) atoms. The molecule has 1 N–H and O–H groups in total. The number of carbonyl (C=O) groups excluding carboxylic acids is 2. The average molecular weight is 532 g/mol. The van der Waals surface area contributed by atoms with Crippen molar-refractivity contribution in [3.8, 4) is 0 Å². The number of rotatable bonds is 5. The lowest BCUT2D eigenvalue weighted by atomic mass is 9.83. The SMILES string of the molecule is CC(=O)NC1CCC(=O)N2C[C@H](OCc3cc(C(F)(F)F)cc(C(F)(F)F)c3)C(c3ccc(F)cc3)C12. The Morgan fingerprint density at radius 3 is 2.16 bits per heavy atom. The van der Waals surface area contributed by atoms with Gasteiger partial charge in [-0.1, -0.05) is 12.1 Å². The van der Waals surface area contributed by atoms with Crippen LogP contribution in [0.15, 0.2) is 42.5 Å². The molecule has 4 atom stereocenters. The van der Waals surface area contributed by atoms with Crippen molar-refractivity contribution in [2.45, 2.75) is 62.8 Å². The number of ether oxygens (including phenoxy) is 1. The molecule has 2 aliphatic rings. The topological polar surface area (TPSA) is 58.6 Å². The summed E-state index contributed by atoms with van der Waals surface area (Å²) < 4.78 is 99.1. The molecule has 0 aromatic heterocycles. The maximum Gasteiger partial charge on any atom is 0.416 e. The van der Waals surface area contributed by atoms with Gasteiger partial charge in [-0.05, 0) is 47.9 Å². The van der Waals surface area contributed by atoms with E-state index in [1.807, 2.05) is 0 Å². The van der Waals surface area contributed by atoms with Gasteiger partial charge in [-0.15, -0.1) is 0 Å². The second-order valence-corrected chi connectivity index (χ2v) is 9.22. The number of benzene rings is 2. The van der Waals surface area contributed by atoms with E-state index < -0.39 is 60.0 Å². The lowest BCUT2D eigenvalue weighted by molar-refractivity contribution is -0.143. The minimum absolute atomic E-state index is 0.00666. The molecule has 2 aromatic rings. The molecule has 3 unspecified atom stereocenters. The highest BCUT2D eigenvalue weighted by Crippen LogP contribution is 2.42. The Hall–Kier alpha value is -3.15. The number of piperidine rings is 1. The predicted octanol–water partition coefficient (Wildman–Crippen LogP) is 5.04. The molecule has 0 radical (unpaired) electrons. The number of fused-ring (bicyclic) bond motifs is 1. The maximum absolute atomic E-state index is 13.6. The summed E-state index contributed by atoms with van der Waals surface area (Å²) >= 11 is 0. The van der Waals surface area contributed by atoms with Crippen LogP contribution < -0.4 is 5.32 Å². The maximum atomic E-state index is 13.6. The van der Waals surface area contributed by atoms with Crippen molar-refractivity contribution in [3.63, 3.8) is 0 Å². The van der Waals surface area contributed by atoms with Gasteiger partial charge >= 0.3 is 12.4 Å². The summed E-state index contributed by atoms with van der Waals surface area (Å²) in [6, 6.07) is 5.54. The van der Waals surface area contributed by atoms with Crippen LogP contribution in [-0.2, 0) is 33.3 Å². The van der Waals surface area contributed by atoms with Gasteiger partial charge in [0.1, 0.15) is 5.82 Å². The van der Waals surface area contributed by atoms with Gasteiger partial charge in [0.15, 0.2) is 0 Å². The highest BCUT2D eigenvalue weighted by atomic mass is 19.4. The molecule has 2 saturated heterocycles. The normalized spacial score (nSPS) is 24.2. The first-order valence-electron chi connectivity index (χ1n) is 11.5. The standard InChI is InChI=1S/C25H23F7N2O3/c1-13(35)33-19-6-7-21(36)34-11-20(22(23(19)34)15-2-4-18(26)5-3-15)37-12-14-8-16(24(27,28)29)10-17(9-14)25(30,31)32/h2-5,8-10,19-20,22-23H,6-7,11-12H2,1H3,(H,33,35)/t19?,20-,22?,23?/m0/s1. The number of amides is 2. The summed E-state index contributed by atoms with van der Waals surface area (Å²) in [5.41, 5.74) is -2.69. The van der Waals surface area contributed by atoms with Crippen LogP contribution in [0.3, 0.4) is 0 Å². The summed E-state index contributed by atoms with van der Waals surface area (Å²) in [6.45, 7) is 0.740. The molecule has 2 fully saturated rings. The predicted molar refractivity (Wildman–Crippen MR) is 117 cm³/mol. The van der Waals surface area contributed by atoms with Crippen LogP contribution in [0.25, 0.3) is 0 Å². The lowest BCUT2D eigenvalue weighted by Gasteiger charge is -2.39. The van der Waals surface area contributed by atoms with Crippen molar-refractivity contribution < 1.29 is 45.1 Å². The molecule has 0 bridgehead atoms. The molecule has 2 aliphatic heterocycles. The Kier molecular flexibility index (Phi) is 7.24. The van der Waals surface area contributed by atoms with E-state index in [2.05, 4.69) is 5.32 Å². The van der Waals surface area contributed by atoms with Crippen LogP contribution in [0.5, 0.6) is 0 Å². The van der Waals surface area contributed by atoms with E-state index in [9.17, 15) is 40.3 Å². The van der Waals surface area contributed by atoms with E-state index >= 15 is 0 Å². The highest BCUT2D eigenvalue weighted by molar-refractivity contribution is 5.79. The van der Waals surface area contributed by atoms with Crippen molar-refractivity contribution in [3.05, 3.63) is 70.5 Å². The molecular weight excluding hydrogens is 509 g/mol. The first kappa shape index (κ1) is 26.9. The Bertz CT molecular complexity index is 1130. The Labute approximate surface area is 207 Å². The van der Waals surface area contributed by atoms with Gasteiger partial charge in [0, 0.05) is 25.8 Å². The zero-order valence-corrected chi connectivity index (χ0v) is 19.5. The van der Waals surface area contributed by atoms with Gasteiger partial charge in [0.2, 0.25) is 11.8 Å². The molecule has 12 heteroatoms. The quantitative estimate of drug-likeness (QED) is 0.549. The van der Waals surface area contributed by atoms with Gasteiger partial charge in [-0.2, -0.15) is 26.3 Å². The first-order chi connectivity index (χ1) is 17.2. The third-order valence-corrected chi connectivity index (χ3v) is 6.66. The molecular formula is C25H23F7N2O3. The molecule has 0 aliphatic carbocycles. The summed E-state index contributed by atoms with van der Waals surface area (Å²) in [5.74, 6) is -1.68. The number of carbonyl (C=O) groups is 2. The summed E-state index contributed by atoms with van der Waals surface area (Å²) in [4.78, 5) is 26.0. The van der Waals surface area contributed by atoms with Crippen LogP contribution >= 0.6 is 0 Å². The van der Waals surface area contributed by atoms with Gasteiger partial charge < -0.3 is 15.0 Å². The number of hydrogen-bond donors (Lipinski definition) is 1. The largest absolute Gasteiger partial charge is 0.416 e. The molecule has 200 valence electrons. The fourth-order valence-corrected chi connectivity index (χ4v) is 5.15. The molecule has 0 saturated carbocycles. The van der Waals surface area contributed by atoms with Crippen molar-refractivity contribution in [1.29, 1.82) is 0 Å². The fourth-order valence-electron chi connectivity index (χ4n) is 5.15. The molecule has 2 heterocycles. The fraction of sp³-hybridized carbons (Fsp3) is 0.440. The Morgan fingerprint density at radius 2 is 1.62 bits per heavy atom. The number of nitrogens with one attached hydrogen (secondary N) is 1. The summed E-state index contributed by atoms with van der Waals surface area (Å²) in [5, 5.41) is 2.81.